The predicted molar refractivity (Wildman–Crippen MR) is 68.4 cm³/mol. The summed E-state index contributed by atoms with van der Waals surface area (Å²) in [4.78, 5) is 24.0. The molecule has 1 fully saturated rings. The number of rotatable bonds is 5. The van der Waals surface area contributed by atoms with Crippen LogP contribution in [0.25, 0.3) is 0 Å². The summed E-state index contributed by atoms with van der Waals surface area (Å²) in [6.45, 7) is 1.58. The molecule has 0 saturated carbocycles. The zero-order valence-corrected chi connectivity index (χ0v) is 10.7. The highest BCUT2D eigenvalue weighted by molar-refractivity contribution is 8.00. The third-order valence-corrected chi connectivity index (χ3v) is 3.93. The highest BCUT2D eigenvalue weighted by Crippen LogP contribution is 2.29. The van der Waals surface area contributed by atoms with E-state index < -0.39 is 0 Å². The van der Waals surface area contributed by atoms with E-state index in [4.69, 9.17) is 11.5 Å². The Morgan fingerprint density at radius 1 is 1.33 bits per heavy atom. The number of nitrogens with two attached hydrogens (primary N) is 2. The second-order valence-corrected chi connectivity index (χ2v) is 5.40. The Kier molecular flexibility index (Phi) is 4.10. The van der Waals surface area contributed by atoms with Crippen molar-refractivity contribution in [3.8, 4) is 0 Å². The Bertz CT molecular complexity index is 367. The summed E-state index contributed by atoms with van der Waals surface area (Å²) >= 11 is 1.54. The van der Waals surface area contributed by atoms with E-state index in [0.29, 0.717) is 19.5 Å². The predicted octanol–water partition coefficient (Wildman–Crippen LogP) is -1.41. The lowest BCUT2D eigenvalue weighted by molar-refractivity contribution is -0.119. The van der Waals surface area contributed by atoms with Gasteiger partial charge in [0.25, 0.3) is 0 Å². The maximum Gasteiger partial charge on any atom is 0.231 e. The Morgan fingerprint density at radius 3 is 2.67 bits per heavy atom. The maximum absolute atomic E-state index is 11.1. The summed E-state index contributed by atoms with van der Waals surface area (Å²) in [6, 6.07) is 0.136. The van der Waals surface area contributed by atoms with E-state index in [2.05, 4.69) is 5.43 Å². The van der Waals surface area contributed by atoms with Gasteiger partial charge < -0.3 is 16.9 Å². The van der Waals surface area contributed by atoms with Crippen molar-refractivity contribution in [1.29, 1.82) is 0 Å². The lowest BCUT2D eigenvalue weighted by Crippen LogP contribution is -2.42. The molecule has 18 heavy (non-hydrogen) atoms. The summed E-state index contributed by atoms with van der Waals surface area (Å²) in [6.07, 6.45) is 2.15. The van der Waals surface area contributed by atoms with Crippen molar-refractivity contribution in [2.75, 3.05) is 19.6 Å². The summed E-state index contributed by atoms with van der Waals surface area (Å²) in [5, 5.41) is 1.93. The minimum atomic E-state index is -0.353. The molecule has 0 aromatic carbocycles. The van der Waals surface area contributed by atoms with E-state index >= 15 is 0 Å². The van der Waals surface area contributed by atoms with Crippen LogP contribution in [0.1, 0.15) is 6.42 Å². The van der Waals surface area contributed by atoms with Crippen LogP contribution in [0.5, 0.6) is 0 Å². The van der Waals surface area contributed by atoms with E-state index in [-0.39, 0.29) is 30.3 Å². The van der Waals surface area contributed by atoms with Gasteiger partial charge in [0.05, 0.1) is 12.6 Å². The fourth-order valence-electron chi connectivity index (χ4n) is 2.42. The first kappa shape index (κ1) is 13.2. The molecule has 2 heterocycles. The highest BCUT2D eigenvalue weighted by atomic mass is 32.2. The third-order valence-electron chi connectivity index (χ3n) is 3.07. The summed E-state index contributed by atoms with van der Waals surface area (Å²) in [7, 11) is 0. The Hall–Kier alpha value is -1.25. The van der Waals surface area contributed by atoms with E-state index in [1.807, 2.05) is 20.9 Å². The number of likely N-dealkylation sites (tertiary alicyclic amines) is 1. The van der Waals surface area contributed by atoms with Crippen molar-refractivity contribution in [1.82, 2.24) is 14.7 Å². The number of carbonyl (C=O) groups is 2. The van der Waals surface area contributed by atoms with Crippen LogP contribution in [-0.2, 0) is 9.59 Å². The number of nitrogens with zero attached hydrogens (tertiary/aromatic N) is 2. The van der Waals surface area contributed by atoms with Gasteiger partial charge in [0.15, 0.2) is 0 Å². The molecular weight excluding hydrogens is 254 g/mol. The Labute approximate surface area is 110 Å². The number of hydrogen-bond donors (Lipinski definition) is 3. The van der Waals surface area contributed by atoms with Gasteiger partial charge in [-0.1, -0.05) is 0 Å². The lowest BCUT2D eigenvalue weighted by atomic mass is 10.0. The second-order valence-electron chi connectivity index (χ2n) is 4.52. The van der Waals surface area contributed by atoms with E-state index in [9.17, 15) is 9.59 Å². The quantitative estimate of drug-likeness (QED) is 0.531. The van der Waals surface area contributed by atoms with Crippen LogP contribution in [0.15, 0.2) is 11.6 Å². The smallest absolute Gasteiger partial charge is 0.231 e. The molecule has 5 N–H and O–H groups in total. The fraction of sp³-hybridized carbons (Fsp3) is 0.600. The number of carbonyl (C=O) groups excluding carboxylic acids is 2. The molecule has 0 aromatic rings. The second kappa shape index (κ2) is 5.59. The van der Waals surface area contributed by atoms with Crippen LogP contribution in [0.2, 0.25) is 0 Å². The molecule has 0 spiro atoms. The first-order chi connectivity index (χ1) is 8.56. The Balaban J connectivity index is 1.99. The molecule has 2 amide bonds. The molecule has 2 aliphatic heterocycles. The zero-order chi connectivity index (χ0) is 13.1. The normalized spacial score (nSPS) is 28.4. The monoisotopic (exact) mass is 271 g/mol. The van der Waals surface area contributed by atoms with Crippen LogP contribution < -0.4 is 16.9 Å². The van der Waals surface area contributed by atoms with Gasteiger partial charge in [0.2, 0.25) is 11.8 Å². The van der Waals surface area contributed by atoms with E-state index in [0.717, 1.165) is 0 Å². The van der Waals surface area contributed by atoms with E-state index in [1.54, 1.807) is 0 Å². The molecule has 0 bridgehead atoms. The van der Waals surface area contributed by atoms with Crippen molar-refractivity contribution < 1.29 is 9.59 Å². The molecule has 0 aliphatic carbocycles. The molecule has 2 atom stereocenters. The van der Waals surface area contributed by atoms with Crippen LogP contribution >= 0.6 is 11.9 Å². The largest absolute Gasteiger partial charge is 0.370 e. The van der Waals surface area contributed by atoms with Crippen molar-refractivity contribution in [2.45, 2.75) is 12.5 Å². The van der Waals surface area contributed by atoms with Crippen LogP contribution in [0, 0.1) is 5.92 Å². The van der Waals surface area contributed by atoms with E-state index in [1.165, 1.54) is 11.9 Å². The first-order valence-electron chi connectivity index (χ1n) is 5.72. The van der Waals surface area contributed by atoms with Crippen molar-refractivity contribution in [2.24, 2.45) is 17.4 Å². The molecular formula is C10H17N5O2S. The third kappa shape index (κ3) is 3.15. The van der Waals surface area contributed by atoms with Gasteiger partial charge in [-0.2, -0.15) is 4.41 Å². The minimum Gasteiger partial charge on any atom is -0.370 e. The van der Waals surface area contributed by atoms with Crippen molar-refractivity contribution in [3.05, 3.63) is 11.6 Å². The maximum atomic E-state index is 11.1. The standard InChI is InChI=1S/C10H17N5O2S/c11-9(16)3-7-4-14(6-10(12)17)5-8(7)15-13-1-2-18-15/h1-2,7-8,13H,3-6H2,(H2,11,16)(H2,12,17). The van der Waals surface area contributed by atoms with Crippen LogP contribution in [-0.4, -0.2) is 46.8 Å². The Morgan fingerprint density at radius 2 is 2.11 bits per heavy atom. The summed E-state index contributed by atoms with van der Waals surface area (Å²) in [5.41, 5.74) is 13.6. The van der Waals surface area contributed by atoms with Gasteiger partial charge in [-0.25, -0.2) is 0 Å². The van der Waals surface area contributed by atoms with Crippen molar-refractivity contribution in [3.63, 3.8) is 0 Å². The molecule has 2 aliphatic rings. The highest BCUT2D eigenvalue weighted by Gasteiger charge is 2.38. The molecule has 100 valence electrons. The molecule has 0 radical (unpaired) electrons. The number of hydrogen-bond acceptors (Lipinski definition) is 6. The van der Waals surface area contributed by atoms with Crippen LogP contribution in [0.3, 0.4) is 0 Å². The first-order valence-corrected chi connectivity index (χ1v) is 6.56. The SMILES string of the molecule is NC(=O)CC1CN(CC(N)=O)CC1N1NC=CS1. The van der Waals surface area contributed by atoms with Crippen molar-refractivity contribution >= 4 is 23.8 Å². The molecule has 2 unspecified atom stereocenters. The number of nitrogens with one attached hydrogen (secondary N) is 1. The minimum absolute atomic E-state index is 0.113. The fourth-order valence-corrected chi connectivity index (χ4v) is 3.19. The lowest BCUT2D eigenvalue weighted by Gasteiger charge is -2.26. The average Bonchev–Trinajstić information content (AvgIpc) is 2.85. The molecule has 7 nitrogen and oxygen atoms in total. The zero-order valence-electron chi connectivity index (χ0n) is 9.91. The van der Waals surface area contributed by atoms with Gasteiger partial charge in [0, 0.05) is 31.1 Å². The molecule has 0 aromatic heterocycles. The van der Waals surface area contributed by atoms with Crippen LogP contribution in [0.4, 0.5) is 0 Å². The van der Waals surface area contributed by atoms with Gasteiger partial charge >= 0.3 is 0 Å². The van der Waals surface area contributed by atoms with Gasteiger partial charge in [-0.05, 0) is 17.9 Å². The number of amides is 2. The van der Waals surface area contributed by atoms with Gasteiger partial charge in [-0.3, -0.25) is 14.5 Å². The molecule has 1 saturated heterocycles. The number of primary amides is 2. The van der Waals surface area contributed by atoms with Gasteiger partial charge in [0.1, 0.15) is 0 Å². The average molecular weight is 271 g/mol. The number of hydrazine groups is 1. The summed E-state index contributed by atoms with van der Waals surface area (Å²) < 4.78 is 1.98. The van der Waals surface area contributed by atoms with Gasteiger partial charge in [-0.15, -0.1) is 0 Å². The molecule has 8 heteroatoms. The topological polar surface area (TPSA) is 105 Å². The summed E-state index contributed by atoms with van der Waals surface area (Å²) in [5.74, 6) is -0.557. The molecule has 2 rings (SSSR count).